The van der Waals surface area contributed by atoms with Crippen molar-refractivity contribution in [1.82, 2.24) is 4.98 Å². The summed E-state index contributed by atoms with van der Waals surface area (Å²) in [4.78, 5) is 6.91. The highest BCUT2D eigenvalue weighted by molar-refractivity contribution is 7.80. The largest absolute Gasteiger partial charge is 0.755 e. The highest BCUT2D eigenvalue weighted by Gasteiger charge is 2.23. The van der Waals surface area contributed by atoms with Crippen LogP contribution in [0.15, 0.2) is 42.6 Å². The molecule has 0 saturated carbocycles. The summed E-state index contributed by atoms with van der Waals surface area (Å²) in [6.07, 6.45) is 2.86. The first-order chi connectivity index (χ1) is 13.6. The van der Waals surface area contributed by atoms with Gasteiger partial charge in [-0.05, 0) is 35.7 Å². The van der Waals surface area contributed by atoms with Gasteiger partial charge in [-0.15, -0.1) is 0 Å². The molecular weight excluding hydrogens is 378 g/mol. The average Bonchev–Trinajstić information content (AvgIpc) is 3.11. The molecule has 2 aromatic carbocycles. The zero-order chi connectivity index (χ0) is 19.7. The summed E-state index contributed by atoms with van der Waals surface area (Å²) < 4.78 is 34.7. The topological polar surface area (TPSA) is 86.8 Å². The van der Waals surface area contributed by atoms with Crippen LogP contribution in [0.2, 0.25) is 0 Å². The highest BCUT2D eigenvalue weighted by Crippen LogP contribution is 2.40. The third-order valence-electron chi connectivity index (χ3n) is 4.92. The van der Waals surface area contributed by atoms with Crippen molar-refractivity contribution in [3.63, 3.8) is 0 Å². The molecule has 0 spiro atoms. The van der Waals surface area contributed by atoms with E-state index in [1.807, 2.05) is 30.5 Å². The van der Waals surface area contributed by atoms with Crippen molar-refractivity contribution < 1.29 is 18.2 Å². The Morgan fingerprint density at radius 2 is 1.89 bits per heavy atom. The molecule has 7 nitrogen and oxygen atoms in total. The van der Waals surface area contributed by atoms with Crippen molar-refractivity contribution in [3.8, 4) is 11.5 Å². The van der Waals surface area contributed by atoms with Crippen LogP contribution in [0.5, 0.6) is 11.5 Å². The lowest BCUT2D eigenvalue weighted by Gasteiger charge is -2.22. The number of nitrogens with one attached hydrogen (secondary N) is 1. The van der Waals surface area contributed by atoms with E-state index < -0.39 is 11.3 Å². The van der Waals surface area contributed by atoms with Crippen LogP contribution in [0.4, 0.5) is 11.4 Å². The normalized spacial score (nSPS) is 14.0. The van der Waals surface area contributed by atoms with Gasteiger partial charge in [-0.25, -0.2) is 0 Å². The Morgan fingerprint density at radius 3 is 2.57 bits per heavy atom. The van der Waals surface area contributed by atoms with E-state index >= 15 is 0 Å². The number of hydrogen-bond donors (Lipinski definition) is 1. The van der Waals surface area contributed by atoms with Gasteiger partial charge in [0.1, 0.15) is 0 Å². The molecule has 28 heavy (non-hydrogen) atoms. The monoisotopic (exact) mass is 398 g/mol. The van der Waals surface area contributed by atoms with Gasteiger partial charge >= 0.3 is 0 Å². The van der Waals surface area contributed by atoms with Crippen molar-refractivity contribution in [2.75, 3.05) is 30.4 Å². The number of ether oxygens (including phenoxy) is 2. The van der Waals surface area contributed by atoms with Gasteiger partial charge in [0, 0.05) is 47.7 Å². The van der Waals surface area contributed by atoms with E-state index in [0.29, 0.717) is 17.2 Å². The summed E-state index contributed by atoms with van der Waals surface area (Å²) >= 11 is -2.32. The third-order valence-corrected chi connectivity index (χ3v) is 5.32. The number of pyridine rings is 1. The molecule has 1 aliphatic heterocycles. The molecular formula is C20H20N3O4S-. The van der Waals surface area contributed by atoms with Crippen molar-refractivity contribution in [2.45, 2.75) is 13.0 Å². The van der Waals surface area contributed by atoms with Crippen LogP contribution in [-0.4, -0.2) is 34.5 Å². The van der Waals surface area contributed by atoms with Gasteiger partial charge in [0.15, 0.2) is 11.5 Å². The highest BCUT2D eigenvalue weighted by atomic mass is 32.2. The second-order valence-electron chi connectivity index (χ2n) is 6.56. The van der Waals surface area contributed by atoms with Crippen LogP contribution in [0.3, 0.4) is 0 Å². The summed E-state index contributed by atoms with van der Waals surface area (Å²) in [6.45, 7) is 1.62. The summed E-state index contributed by atoms with van der Waals surface area (Å²) in [7, 11) is 3.24. The second-order valence-corrected chi connectivity index (χ2v) is 7.24. The lowest BCUT2D eigenvalue weighted by atomic mass is 10.1. The molecule has 0 fully saturated rings. The Kier molecular flexibility index (Phi) is 5.06. The second kappa shape index (κ2) is 7.65. The lowest BCUT2D eigenvalue weighted by Crippen LogP contribution is -2.20. The van der Waals surface area contributed by atoms with Gasteiger partial charge in [-0.3, -0.25) is 9.19 Å². The summed E-state index contributed by atoms with van der Waals surface area (Å²) in [5, 5.41) is 1.03. The van der Waals surface area contributed by atoms with E-state index in [-0.39, 0.29) is 0 Å². The average molecular weight is 398 g/mol. The van der Waals surface area contributed by atoms with Crippen LogP contribution in [0.1, 0.15) is 11.1 Å². The zero-order valence-electron chi connectivity index (χ0n) is 15.6. The van der Waals surface area contributed by atoms with E-state index in [4.69, 9.17) is 9.47 Å². The minimum atomic E-state index is -2.32. The fourth-order valence-corrected chi connectivity index (χ4v) is 3.95. The number of fused-ring (bicyclic) bond motifs is 3. The van der Waals surface area contributed by atoms with Gasteiger partial charge in [-0.1, -0.05) is 12.1 Å². The third kappa shape index (κ3) is 3.48. The van der Waals surface area contributed by atoms with Crippen LogP contribution < -0.4 is 19.1 Å². The van der Waals surface area contributed by atoms with Gasteiger partial charge in [-0.2, -0.15) is 0 Å². The molecule has 8 heteroatoms. The molecule has 1 unspecified atom stereocenters. The SMILES string of the molecule is COc1cc2ncc3c(c2cc1OC)N(Cc1ccc(NS(=O)[O-])cc1)CC3. The van der Waals surface area contributed by atoms with E-state index in [9.17, 15) is 8.76 Å². The number of methoxy groups -OCH3 is 2. The van der Waals surface area contributed by atoms with Crippen LogP contribution in [0, 0.1) is 0 Å². The zero-order valence-corrected chi connectivity index (χ0v) is 16.4. The number of anilines is 2. The van der Waals surface area contributed by atoms with Gasteiger partial charge < -0.3 is 23.6 Å². The summed E-state index contributed by atoms with van der Waals surface area (Å²) in [6, 6.07) is 11.3. The van der Waals surface area contributed by atoms with Crippen LogP contribution in [0.25, 0.3) is 10.9 Å². The first-order valence-electron chi connectivity index (χ1n) is 8.82. The Morgan fingerprint density at radius 1 is 1.18 bits per heavy atom. The molecule has 0 radical (unpaired) electrons. The predicted molar refractivity (Wildman–Crippen MR) is 109 cm³/mol. The van der Waals surface area contributed by atoms with E-state index in [0.717, 1.165) is 41.7 Å². The molecule has 1 atom stereocenters. The van der Waals surface area contributed by atoms with E-state index in [1.165, 1.54) is 5.56 Å². The van der Waals surface area contributed by atoms with Crippen molar-refractivity contribution in [1.29, 1.82) is 0 Å². The van der Waals surface area contributed by atoms with Gasteiger partial charge in [0.05, 0.1) is 25.4 Å². The standard InChI is InChI=1S/C20H21N3O4S/c1-26-18-9-16-17(10-19(18)27-2)21-11-14-7-8-23(20(14)16)12-13-3-5-15(6-4-13)22-28(24)25/h3-6,9-11,22H,7-8,12H2,1-2H3,(H,24,25)/p-1. The minimum Gasteiger partial charge on any atom is -0.755 e. The Hall–Kier alpha value is -2.84. The Bertz CT molecular complexity index is 1040. The molecule has 1 aliphatic rings. The quantitative estimate of drug-likeness (QED) is 0.643. The number of benzene rings is 2. The summed E-state index contributed by atoms with van der Waals surface area (Å²) in [5.41, 5.74) is 4.88. The summed E-state index contributed by atoms with van der Waals surface area (Å²) in [5.74, 6) is 1.34. The molecule has 0 saturated heterocycles. The number of rotatable bonds is 6. The van der Waals surface area contributed by atoms with Crippen molar-refractivity contribution in [3.05, 3.63) is 53.7 Å². The molecule has 3 aromatic rings. The smallest absolute Gasteiger partial charge is 0.162 e. The van der Waals surface area contributed by atoms with Gasteiger partial charge in [0.25, 0.3) is 0 Å². The maximum atomic E-state index is 10.7. The van der Waals surface area contributed by atoms with E-state index in [1.54, 1.807) is 26.4 Å². The molecule has 4 rings (SSSR count). The van der Waals surface area contributed by atoms with E-state index in [2.05, 4.69) is 14.6 Å². The number of aromatic nitrogens is 1. The number of hydrogen-bond acceptors (Lipinski definition) is 6. The number of nitrogens with zero attached hydrogens (tertiary/aromatic N) is 2. The minimum absolute atomic E-state index is 0.547. The lowest BCUT2D eigenvalue weighted by molar-refractivity contribution is 0.356. The van der Waals surface area contributed by atoms with Crippen LogP contribution >= 0.6 is 0 Å². The maximum absolute atomic E-state index is 10.7. The Labute approximate surface area is 165 Å². The van der Waals surface area contributed by atoms with Gasteiger partial charge in [0.2, 0.25) is 0 Å². The first-order valence-corrected chi connectivity index (χ1v) is 9.90. The maximum Gasteiger partial charge on any atom is 0.162 e. The molecule has 1 N–H and O–H groups in total. The fourth-order valence-electron chi connectivity index (χ4n) is 3.62. The Balaban J connectivity index is 1.67. The first kappa shape index (κ1) is 18.5. The predicted octanol–water partition coefficient (Wildman–Crippen LogP) is 3.02. The van der Waals surface area contributed by atoms with Crippen molar-refractivity contribution in [2.24, 2.45) is 0 Å². The molecule has 0 amide bonds. The molecule has 0 bridgehead atoms. The van der Waals surface area contributed by atoms with Crippen molar-refractivity contribution >= 4 is 33.5 Å². The fraction of sp³-hybridized carbons (Fsp3) is 0.250. The van der Waals surface area contributed by atoms with Crippen LogP contribution in [-0.2, 0) is 24.2 Å². The molecule has 0 aliphatic carbocycles. The molecule has 146 valence electrons. The molecule has 2 heterocycles. The molecule has 1 aromatic heterocycles.